The number of carbonyl (C=O) groups is 1. The second kappa shape index (κ2) is 5.86. The van der Waals surface area contributed by atoms with Crippen molar-refractivity contribution in [2.45, 2.75) is 52.5 Å². The Hall–Kier alpha value is -1.51. The smallest absolute Gasteiger partial charge is 0.251 e. The molecule has 0 radical (unpaired) electrons. The zero-order valence-corrected chi connectivity index (χ0v) is 13.0. The molecule has 110 valence electrons. The van der Waals surface area contributed by atoms with E-state index in [1.54, 1.807) is 0 Å². The van der Waals surface area contributed by atoms with Gasteiger partial charge in [-0.25, -0.2) is 0 Å². The molecule has 1 aliphatic carbocycles. The number of aryl methyl sites for hydroxylation is 1. The van der Waals surface area contributed by atoms with Gasteiger partial charge in [0.15, 0.2) is 0 Å². The Labute approximate surface area is 122 Å². The van der Waals surface area contributed by atoms with Gasteiger partial charge in [0, 0.05) is 24.3 Å². The fourth-order valence-corrected chi connectivity index (χ4v) is 3.09. The van der Waals surface area contributed by atoms with Gasteiger partial charge < -0.3 is 10.6 Å². The predicted octanol–water partition coefficient (Wildman–Crippen LogP) is 3.74. The quantitative estimate of drug-likeness (QED) is 0.881. The van der Waals surface area contributed by atoms with Gasteiger partial charge in [-0.05, 0) is 48.9 Å². The molecule has 3 heteroatoms. The number of rotatable bonds is 3. The molecule has 1 atom stereocenters. The Balaban J connectivity index is 2.10. The lowest BCUT2D eigenvalue weighted by Gasteiger charge is -2.39. The van der Waals surface area contributed by atoms with Crippen LogP contribution in [0.4, 0.5) is 5.69 Å². The van der Waals surface area contributed by atoms with E-state index in [0.717, 1.165) is 23.2 Å². The van der Waals surface area contributed by atoms with Crippen LogP contribution in [0, 0.1) is 12.3 Å². The van der Waals surface area contributed by atoms with Gasteiger partial charge in [-0.15, -0.1) is 0 Å². The van der Waals surface area contributed by atoms with Crippen LogP contribution >= 0.6 is 0 Å². The van der Waals surface area contributed by atoms with Crippen LogP contribution in [-0.2, 0) is 0 Å². The first kappa shape index (κ1) is 14.9. The van der Waals surface area contributed by atoms with E-state index in [9.17, 15) is 4.79 Å². The molecule has 0 bridgehead atoms. The summed E-state index contributed by atoms with van der Waals surface area (Å²) in [5, 5.41) is 6.35. The highest BCUT2D eigenvalue weighted by molar-refractivity contribution is 5.95. The molecule has 1 amide bonds. The summed E-state index contributed by atoms with van der Waals surface area (Å²) in [6.07, 6.45) is 4.77. The maximum absolute atomic E-state index is 12.4. The van der Waals surface area contributed by atoms with Crippen molar-refractivity contribution in [3.05, 3.63) is 29.3 Å². The zero-order valence-electron chi connectivity index (χ0n) is 13.0. The molecule has 3 nitrogen and oxygen atoms in total. The van der Waals surface area contributed by atoms with Gasteiger partial charge in [0.2, 0.25) is 0 Å². The molecule has 2 N–H and O–H groups in total. The first-order valence-electron chi connectivity index (χ1n) is 7.53. The summed E-state index contributed by atoms with van der Waals surface area (Å²) in [4.78, 5) is 12.4. The van der Waals surface area contributed by atoms with E-state index in [1.165, 1.54) is 19.3 Å². The first-order chi connectivity index (χ1) is 9.44. The van der Waals surface area contributed by atoms with Gasteiger partial charge in [0.1, 0.15) is 0 Å². The normalized spacial score (nSPS) is 21.3. The highest BCUT2D eigenvalue weighted by atomic mass is 16.1. The third-order valence-electron chi connectivity index (χ3n) is 4.57. The lowest BCUT2D eigenvalue weighted by molar-refractivity contribution is 0.0853. The summed E-state index contributed by atoms with van der Waals surface area (Å²) < 4.78 is 0. The van der Waals surface area contributed by atoms with Crippen LogP contribution in [-0.4, -0.2) is 19.0 Å². The van der Waals surface area contributed by atoms with Crippen molar-refractivity contribution >= 4 is 11.6 Å². The molecule has 0 heterocycles. The van der Waals surface area contributed by atoms with Crippen molar-refractivity contribution in [1.29, 1.82) is 0 Å². The van der Waals surface area contributed by atoms with Crippen LogP contribution in [0.15, 0.2) is 18.2 Å². The highest BCUT2D eigenvalue weighted by Crippen LogP contribution is 2.35. The van der Waals surface area contributed by atoms with Crippen molar-refractivity contribution < 1.29 is 4.79 Å². The highest BCUT2D eigenvalue weighted by Gasteiger charge is 2.33. The Bertz CT molecular complexity index is 494. The number of hydrogen-bond acceptors (Lipinski definition) is 2. The molecule has 0 aromatic heterocycles. The second-order valence-corrected chi connectivity index (χ2v) is 6.54. The number of hydrogen-bond donors (Lipinski definition) is 2. The van der Waals surface area contributed by atoms with Crippen LogP contribution in [0.3, 0.4) is 0 Å². The van der Waals surface area contributed by atoms with Gasteiger partial charge in [-0.1, -0.05) is 26.7 Å². The van der Waals surface area contributed by atoms with Crippen molar-refractivity contribution in [2.75, 3.05) is 12.4 Å². The summed E-state index contributed by atoms with van der Waals surface area (Å²) in [6.45, 7) is 6.53. The molecular formula is C17H26N2O. The lowest BCUT2D eigenvalue weighted by atomic mass is 9.73. The van der Waals surface area contributed by atoms with Gasteiger partial charge in [-0.3, -0.25) is 4.79 Å². The van der Waals surface area contributed by atoms with E-state index in [2.05, 4.69) is 24.5 Å². The van der Waals surface area contributed by atoms with Gasteiger partial charge >= 0.3 is 0 Å². The second-order valence-electron chi connectivity index (χ2n) is 6.54. The molecule has 20 heavy (non-hydrogen) atoms. The third-order valence-corrected chi connectivity index (χ3v) is 4.57. The number of anilines is 1. The van der Waals surface area contributed by atoms with E-state index < -0.39 is 0 Å². The van der Waals surface area contributed by atoms with E-state index in [-0.39, 0.29) is 17.4 Å². The Kier molecular flexibility index (Phi) is 4.36. The topological polar surface area (TPSA) is 41.1 Å². The Morgan fingerprint density at radius 1 is 1.30 bits per heavy atom. The number of amides is 1. The fraction of sp³-hybridized carbons (Fsp3) is 0.588. The van der Waals surface area contributed by atoms with Gasteiger partial charge in [0.05, 0.1) is 0 Å². The molecule has 0 aliphatic heterocycles. The van der Waals surface area contributed by atoms with Gasteiger partial charge in [0.25, 0.3) is 5.91 Å². The van der Waals surface area contributed by atoms with E-state index in [0.29, 0.717) is 0 Å². The van der Waals surface area contributed by atoms with Crippen LogP contribution in [0.1, 0.15) is 55.5 Å². The molecule has 0 saturated heterocycles. The van der Waals surface area contributed by atoms with E-state index in [1.807, 2.05) is 32.2 Å². The molecule has 1 fully saturated rings. The Morgan fingerprint density at radius 3 is 2.65 bits per heavy atom. The maximum Gasteiger partial charge on any atom is 0.251 e. The summed E-state index contributed by atoms with van der Waals surface area (Å²) in [5.74, 6) is 0.0516. The summed E-state index contributed by atoms with van der Waals surface area (Å²) in [5.41, 5.74) is 3.12. The van der Waals surface area contributed by atoms with E-state index in [4.69, 9.17) is 0 Å². The molecule has 1 aromatic rings. The maximum atomic E-state index is 12.4. The van der Waals surface area contributed by atoms with Crippen molar-refractivity contribution in [1.82, 2.24) is 5.32 Å². The molecule has 2 rings (SSSR count). The average Bonchev–Trinajstić information content (AvgIpc) is 2.41. The largest absolute Gasteiger partial charge is 0.388 e. The van der Waals surface area contributed by atoms with Crippen LogP contribution in [0.5, 0.6) is 0 Å². The monoisotopic (exact) mass is 274 g/mol. The summed E-state index contributed by atoms with van der Waals surface area (Å²) >= 11 is 0. The lowest BCUT2D eigenvalue weighted by Crippen LogP contribution is -2.46. The molecule has 1 aromatic carbocycles. The predicted molar refractivity (Wildman–Crippen MR) is 84.2 cm³/mol. The van der Waals surface area contributed by atoms with Crippen LogP contribution in [0.25, 0.3) is 0 Å². The molecular weight excluding hydrogens is 248 g/mol. The minimum absolute atomic E-state index is 0.0516. The van der Waals surface area contributed by atoms with E-state index >= 15 is 0 Å². The van der Waals surface area contributed by atoms with Gasteiger partial charge in [-0.2, -0.15) is 0 Å². The zero-order chi connectivity index (χ0) is 14.8. The standard InChI is InChI=1S/C17H26N2O/c1-12-11-13(8-9-14(12)18-4)16(20)19-15-7-5-6-10-17(15,2)3/h8-9,11,15,18H,5-7,10H2,1-4H3,(H,19,20). The number of carbonyl (C=O) groups excluding carboxylic acids is 1. The van der Waals surface area contributed by atoms with Crippen LogP contribution in [0.2, 0.25) is 0 Å². The number of benzene rings is 1. The minimum atomic E-state index is 0.0516. The van der Waals surface area contributed by atoms with Crippen molar-refractivity contribution in [3.63, 3.8) is 0 Å². The average molecular weight is 274 g/mol. The molecule has 1 saturated carbocycles. The molecule has 0 spiro atoms. The van der Waals surface area contributed by atoms with Crippen LogP contribution < -0.4 is 10.6 Å². The first-order valence-corrected chi connectivity index (χ1v) is 7.53. The SMILES string of the molecule is CNc1ccc(C(=O)NC2CCCCC2(C)C)cc1C. The minimum Gasteiger partial charge on any atom is -0.388 e. The summed E-state index contributed by atoms with van der Waals surface area (Å²) in [6, 6.07) is 6.10. The van der Waals surface area contributed by atoms with Crippen molar-refractivity contribution in [3.8, 4) is 0 Å². The fourth-order valence-electron chi connectivity index (χ4n) is 3.09. The van der Waals surface area contributed by atoms with Crippen molar-refractivity contribution in [2.24, 2.45) is 5.41 Å². The molecule has 1 unspecified atom stereocenters. The summed E-state index contributed by atoms with van der Waals surface area (Å²) in [7, 11) is 1.90. The molecule has 1 aliphatic rings. The third kappa shape index (κ3) is 3.14. The Morgan fingerprint density at radius 2 is 2.05 bits per heavy atom. The number of nitrogens with one attached hydrogen (secondary N) is 2.